The lowest BCUT2D eigenvalue weighted by molar-refractivity contribution is -0.152. The van der Waals surface area contributed by atoms with E-state index in [9.17, 15) is 13.2 Å². The lowest BCUT2D eigenvalue weighted by atomic mass is 10.0. The molecule has 1 saturated heterocycles. The van der Waals surface area contributed by atoms with E-state index in [1.54, 1.807) is 18.3 Å². The van der Waals surface area contributed by atoms with Gasteiger partial charge in [-0.15, -0.1) is 0 Å². The number of piperidine rings is 1. The second-order valence-corrected chi connectivity index (χ2v) is 5.33. The fourth-order valence-corrected chi connectivity index (χ4v) is 2.40. The van der Waals surface area contributed by atoms with E-state index in [4.69, 9.17) is 0 Å². The van der Waals surface area contributed by atoms with Gasteiger partial charge in [-0.25, -0.2) is 4.98 Å². The smallest absolute Gasteiger partial charge is 0.345 e. The number of pyridine rings is 1. The number of alkyl halides is 3. The maximum absolute atomic E-state index is 12.9. The van der Waals surface area contributed by atoms with Crippen molar-refractivity contribution in [3.8, 4) is 0 Å². The molecule has 0 aromatic carbocycles. The molecule has 1 unspecified atom stereocenters. The first-order valence-corrected chi connectivity index (χ1v) is 6.51. The van der Waals surface area contributed by atoms with E-state index < -0.39 is 12.2 Å². The summed E-state index contributed by atoms with van der Waals surface area (Å²) >= 11 is 2.09. The van der Waals surface area contributed by atoms with E-state index in [1.807, 2.05) is 0 Å². The lowest BCUT2D eigenvalue weighted by Gasteiger charge is -2.37. The standard InChI is InChI=1S/C11H12F3IN2/c12-11(13,14)9-3-1-2-6-17(9)10-5-4-8(15)7-16-10/h4-5,7,9H,1-3,6H2. The molecule has 1 aliphatic heterocycles. The Kier molecular flexibility index (Phi) is 3.79. The minimum absolute atomic E-state index is 0.164. The molecule has 0 amide bonds. The summed E-state index contributed by atoms with van der Waals surface area (Å²) in [4.78, 5) is 5.46. The molecule has 0 spiro atoms. The zero-order valence-electron chi connectivity index (χ0n) is 9.04. The largest absolute Gasteiger partial charge is 0.408 e. The minimum Gasteiger partial charge on any atom is -0.345 e. The van der Waals surface area contributed by atoms with E-state index in [-0.39, 0.29) is 6.42 Å². The van der Waals surface area contributed by atoms with Gasteiger partial charge in [-0.05, 0) is 54.0 Å². The van der Waals surface area contributed by atoms with E-state index in [0.717, 1.165) is 9.99 Å². The summed E-state index contributed by atoms with van der Waals surface area (Å²) in [7, 11) is 0. The first-order chi connectivity index (χ1) is 7.98. The second-order valence-electron chi connectivity index (χ2n) is 4.08. The van der Waals surface area contributed by atoms with E-state index in [2.05, 4.69) is 27.6 Å². The molecule has 2 rings (SSSR count). The molecule has 1 aromatic rings. The zero-order valence-corrected chi connectivity index (χ0v) is 11.2. The topological polar surface area (TPSA) is 16.1 Å². The van der Waals surface area contributed by atoms with Crippen LogP contribution in [0.2, 0.25) is 0 Å². The molecule has 0 radical (unpaired) electrons. The van der Waals surface area contributed by atoms with Crippen LogP contribution in [0.15, 0.2) is 18.3 Å². The Hall–Kier alpha value is -0.530. The van der Waals surface area contributed by atoms with Gasteiger partial charge in [0, 0.05) is 16.3 Å². The molecule has 0 aliphatic carbocycles. The van der Waals surface area contributed by atoms with Crippen molar-refractivity contribution in [2.45, 2.75) is 31.5 Å². The molecule has 1 atom stereocenters. The Morgan fingerprint density at radius 2 is 2.06 bits per heavy atom. The van der Waals surface area contributed by atoms with Gasteiger partial charge in [-0.3, -0.25) is 0 Å². The van der Waals surface area contributed by atoms with Crippen molar-refractivity contribution in [1.82, 2.24) is 4.98 Å². The van der Waals surface area contributed by atoms with Crippen LogP contribution in [0.25, 0.3) is 0 Å². The number of hydrogen-bond donors (Lipinski definition) is 0. The lowest BCUT2D eigenvalue weighted by Crippen LogP contribution is -2.49. The van der Waals surface area contributed by atoms with Crippen LogP contribution in [0.4, 0.5) is 19.0 Å². The minimum atomic E-state index is -4.18. The molecule has 0 saturated carbocycles. The third-order valence-electron chi connectivity index (χ3n) is 2.89. The fraction of sp³-hybridized carbons (Fsp3) is 0.545. The zero-order chi connectivity index (χ0) is 12.5. The van der Waals surface area contributed by atoms with Crippen LogP contribution in [0.3, 0.4) is 0 Å². The molecule has 17 heavy (non-hydrogen) atoms. The molecule has 0 bridgehead atoms. The van der Waals surface area contributed by atoms with Crippen LogP contribution >= 0.6 is 22.6 Å². The highest BCUT2D eigenvalue weighted by Gasteiger charge is 2.44. The summed E-state index contributed by atoms with van der Waals surface area (Å²) < 4.78 is 39.6. The normalized spacial score (nSPS) is 21.6. The van der Waals surface area contributed by atoms with Gasteiger partial charge in [0.2, 0.25) is 0 Å². The molecule has 1 aliphatic rings. The van der Waals surface area contributed by atoms with Crippen LogP contribution in [-0.2, 0) is 0 Å². The van der Waals surface area contributed by atoms with Crippen molar-refractivity contribution in [1.29, 1.82) is 0 Å². The SMILES string of the molecule is FC(F)(F)C1CCCCN1c1ccc(I)cn1. The summed E-state index contributed by atoms with van der Waals surface area (Å²) in [5.41, 5.74) is 0. The maximum atomic E-state index is 12.9. The molecule has 1 aromatic heterocycles. The molecule has 1 fully saturated rings. The van der Waals surface area contributed by atoms with Crippen molar-refractivity contribution in [3.05, 3.63) is 21.9 Å². The van der Waals surface area contributed by atoms with Crippen LogP contribution in [-0.4, -0.2) is 23.7 Å². The number of aromatic nitrogens is 1. The Morgan fingerprint density at radius 3 is 2.65 bits per heavy atom. The first kappa shape index (κ1) is 12.9. The van der Waals surface area contributed by atoms with Gasteiger partial charge in [-0.2, -0.15) is 13.2 Å². The number of halogens is 4. The van der Waals surface area contributed by atoms with Gasteiger partial charge in [-0.1, -0.05) is 0 Å². The van der Waals surface area contributed by atoms with E-state index >= 15 is 0 Å². The van der Waals surface area contributed by atoms with Crippen LogP contribution in [0.1, 0.15) is 19.3 Å². The maximum Gasteiger partial charge on any atom is 0.408 e. The second kappa shape index (κ2) is 4.99. The number of rotatable bonds is 1. The van der Waals surface area contributed by atoms with Gasteiger partial charge >= 0.3 is 6.18 Å². The predicted molar refractivity (Wildman–Crippen MR) is 68.0 cm³/mol. The Bertz CT molecular complexity index is 377. The third-order valence-corrected chi connectivity index (χ3v) is 3.52. The fourth-order valence-electron chi connectivity index (χ4n) is 2.08. The summed E-state index contributed by atoms with van der Waals surface area (Å²) in [5.74, 6) is 0.424. The summed E-state index contributed by atoms with van der Waals surface area (Å²) in [6.45, 7) is 0.428. The van der Waals surface area contributed by atoms with Crippen molar-refractivity contribution >= 4 is 28.4 Å². The highest BCUT2D eigenvalue weighted by Crippen LogP contribution is 2.34. The van der Waals surface area contributed by atoms with Gasteiger partial charge in [0.1, 0.15) is 11.9 Å². The molecular weight excluding hydrogens is 344 g/mol. The summed E-state index contributed by atoms with van der Waals surface area (Å²) in [6, 6.07) is 2.06. The van der Waals surface area contributed by atoms with Crippen molar-refractivity contribution in [2.24, 2.45) is 0 Å². The predicted octanol–water partition coefficient (Wildman–Crippen LogP) is 3.61. The van der Waals surface area contributed by atoms with E-state index in [0.29, 0.717) is 18.8 Å². The number of hydrogen-bond acceptors (Lipinski definition) is 2. The summed E-state index contributed by atoms with van der Waals surface area (Å²) in [5, 5.41) is 0. The van der Waals surface area contributed by atoms with Crippen molar-refractivity contribution < 1.29 is 13.2 Å². The average Bonchev–Trinajstić information content (AvgIpc) is 2.29. The highest BCUT2D eigenvalue weighted by molar-refractivity contribution is 14.1. The van der Waals surface area contributed by atoms with E-state index in [1.165, 1.54) is 4.90 Å². The van der Waals surface area contributed by atoms with Crippen LogP contribution in [0.5, 0.6) is 0 Å². The van der Waals surface area contributed by atoms with Crippen molar-refractivity contribution in [2.75, 3.05) is 11.4 Å². The Balaban J connectivity index is 2.25. The number of anilines is 1. The van der Waals surface area contributed by atoms with Gasteiger partial charge in [0.05, 0.1) is 0 Å². The third kappa shape index (κ3) is 3.02. The molecule has 2 nitrogen and oxygen atoms in total. The highest BCUT2D eigenvalue weighted by atomic mass is 127. The van der Waals surface area contributed by atoms with Gasteiger partial charge in [0.15, 0.2) is 0 Å². The molecular formula is C11H12F3IN2. The quantitative estimate of drug-likeness (QED) is 0.715. The van der Waals surface area contributed by atoms with Gasteiger partial charge < -0.3 is 4.90 Å². The van der Waals surface area contributed by atoms with Gasteiger partial charge in [0.25, 0.3) is 0 Å². The summed E-state index contributed by atoms with van der Waals surface area (Å²) in [6.07, 6.45) is -0.995. The monoisotopic (exact) mass is 356 g/mol. The van der Waals surface area contributed by atoms with Crippen molar-refractivity contribution in [3.63, 3.8) is 0 Å². The number of nitrogens with zero attached hydrogens (tertiary/aromatic N) is 2. The molecule has 94 valence electrons. The van der Waals surface area contributed by atoms with Crippen LogP contribution < -0.4 is 4.90 Å². The molecule has 6 heteroatoms. The molecule has 0 N–H and O–H groups in total. The first-order valence-electron chi connectivity index (χ1n) is 5.43. The Labute approximate surface area is 111 Å². The van der Waals surface area contributed by atoms with Crippen LogP contribution in [0, 0.1) is 3.57 Å². The Morgan fingerprint density at radius 1 is 1.29 bits per heavy atom. The average molecular weight is 356 g/mol. The molecule has 2 heterocycles.